The van der Waals surface area contributed by atoms with Crippen molar-refractivity contribution in [3.05, 3.63) is 0 Å². The molecule has 0 aliphatic rings. The first-order valence-corrected chi connectivity index (χ1v) is 4.92. The molecule has 0 amide bonds. The van der Waals surface area contributed by atoms with Crippen LogP contribution in [0.5, 0.6) is 0 Å². The van der Waals surface area contributed by atoms with Gasteiger partial charge in [-0.25, -0.2) is 0 Å². The van der Waals surface area contributed by atoms with Crippen molar-refractivity contribution >= 4 is 0 Å². The summed E-state index contributed by atoms with van der Waals surface area (Å²) in [6.45, 7) is 6.21. The number of rotatable bonds is 7. The highest BCUT2D eigenvalue weighted by Crippen LogP contribution is 2.07. The standard InChI is InChI=1S/C10H22O2/c1-4-5-6-7-8-9-12-10(2,3)11/h11H,4-9H2,1-3H3. The normalized spacial score (nSPS) is 12.0. The summed E-state index contributed by atoms with van der Waals surface area (Å²) >= 11 is 0. The highest BCUT2D eigenvalue weighted by Gasteiger charge is 2.10. The van der Waals surface area contributed by atoms with E-state index in [-0.39, 0.29) is 0 Å². The maximum absolute atomic E-state index is 9.20. The number of ether oxygens (including phenoxy) is 1. The maximum Gasteiger partial charge on any atom is 0.159 e. The molecule has 0 saturated heterocycles. The second kappa shape index (κ2) is 6.44. The van der Waals surface area contributed by atoms with E-state index in [9.17, 15) is 5.11 Å². The molecule has 0 aromatic carbocycles. The summed E-state index contributed by atoms with van der Waals surface area (Å²) in [4.78, 5) is 0. The van der Waals surface area contributed by atoms with Crippen LogP contribution in [0.3, 0.4) is 0 Å². The minimum atomic E-state index is -0.954. The minimum absolute atomic E-state index is 0.674. The van der Waals surface area contributed by atoms with Crippen LogP contribution in [0.2, 0.25) is 0 Å². The molecule has 0 rings (SSSR count). The molecule has 0 aromatic heterocycles. The number of hydrogen-bond donors (Lipinski definition) is 1. The Morgan fingerprint density at radius 2 is 1.67 bits per heavy atom. The van der Waals surface area contributed by atoms with E-state index in [1.54, 1.807) is 13.8 Å². The molecule has 0 aromatic rings. The Morgan fingerprint density at radius 3 is 2.17 bits per heavy atom. The summed E-state index contributed by atoms with van der Waals surface area (Å²) in [7, 11) is 0. The number of aliphatic hydroxyl groups is 1. The third kappa shape index (κ3) is 9.92. The number of hydrogen-bond acceptors (Lipinski definition) is 2. The van der Waals surface area contributed by atoms with E-state index in [4.69, 9.17) is 4.74 Å². The van der Waals surface area contributed by atoms with Gasteiger partial charge < -0.3 is 9.84 Å². The van der Waals surface area contributed by atoms with Crippen molar-refractivity contribution < 1.29 is 9.84 Å². The average Bonchev–Trinajstić information content (AvgIpc) is 1.94. The van der Waals surface area contributed by atoms with Crippen molar-refractivity contribution in [1.82, 2.24) is 0 Å². The van der Waals surface area contributed by atoms with Crippen LogP contribution in [-0.2, 0) is 4.74 Å². The van der Waals surface area contributed by atoms with Gasteiger partial charge in [-0.15, -0.1) is 0 Å². The second-order valence-electron chi connectivity index (χ2n) is 3.71. The van der Waals surface area contributed by atoms with E-state index in [1.165, 1.54) is 25.7 Å². The summed E-state index contributed by atoms with van der Waals surface area (Å²) in [6, 6.07) is 0. The molecule has 0 aliphatic heterocycles. The maximum atomic E-state index is 9.20. The van der Waals surface area contributed by atoms with Gasteiger partial charge in [0.05, 0.1) is 0 Å². The molecule has 1 N–H and O–H groups in total. The molecular formula is C10H22O2. The Labute approximate surface area is 75.9 Å². The molecular weight excluding hydrogens is 152 g/mol. The van der Waals surface area contributed by atoms with Crippen molar-refractivity contribution in [3.63, 3.8) is 0 Å². The first-order valence-electron chi connectivity index (χ1n) is 4.92. The highest BCUT2D eigenvalue weighted by molar-refractivity contribution is 4.48. The van der Waals surface area contributed by atoms with Gasteiger partial charge in [-0.2, -0.15) is 0 Å². The predicted octanol–water partition coefficient (Wildman–Crippen LogP) is 2.70. The number of unbranched alkanes of at least 4 members (excludes halogenated alkanes) is 4. The van der Waals surface area contributed by atoms with Gasteiger partial charge in [-0.1, -0.05) is 32.6 Å². The molecule has 2 heteroatoms. The van der Waals surface area contributed by atoms with Gasteiger partial charge in [-0.05, 0) is 20.3 Å². The van der Waals surface area contributed by atoms with Crippen molar-refractivity contribution in [2.75, 3.05) is 6.61 Å². The van der Waals surface area contributed by atoms with E-state index in [1.807, 2.05) is 0 Å². The molecule has 0 radical (unpaired) electrons. The van der Waals surface area contributed by atoms with Crippen molar-refractivity contribution in [2.45, 2.75) is 58.7 Å². The summed E-state index contributed by atoms with van der Waals surface area (Å²) in [5.41, 5.74) is 0. The van der Waals surface area contributed by atoms with Gasteiger partial charge in [-0.3, -0.25) is 0 Å². The molecule has 0 spiro atoms. The summed E-state index contributed by atoms with van der Waals surface area (Å²) in [6.07, 6.45) is 6.13. The fourth-order valence-corrected chi connectivity index (χ4v) is 1.03. The third-order valence-corrected chi connectivity index (χ3v) is 1.70. The zero-order valence-corrected chi connectivity index (χ0v) is 8.60. The fraction of sp³-hybridized carbons (Fsp3) is 1.00. The van der Waals surface area contributed by atoms with Crippen LogP contribution >= 0.6 is 0 Å². The summed E-state index contributed by atoms with van der Waals surface area (Å²) in [5.74, 6) is -0.954. The molecule has 0 bridgehead atoms. The van der Waals surface area contributed by atoms with Crippen molar-refractivity contribution in [2.24, 2.45) is 0 Å². The van der Waals surface area contributed by atoms with Crippen LogP contribution in [0.25, 0.3) is 0 Å². The molecule has 0 fully saturated rings. The fourth-order valence-electron chi connectivity index (χ4n) is 1.03. The smallest absolute Gasteiger partial charge is 0.159 e. The first-order chi connectivity index (χ1) is 5.56. The molecule has 12 heavy (non-hydrogen) atoms. The lowest BCUT2D eigenvalue weighted by atomic mass is 10.2. The van der Waals surface area contributed by atoms with Crippen LogP contribution in [0.4, 0.5) is 0 Å². The SMILES string of the molecule is CCCCCCCOC(C)(C)O. The van der Waals surface area contributed by atoms with Gasteiger partial charge in [0.1, 0.15) is 0 Å². The minimum Gasteiger partial charge on any atom is -0.366 e. The largest absolute Gasteiger partial charge is 0.366 e. The predicted molar refractivity (Wildman–Crippen MR) is 51.0 cm³/mol. The zero-order valence-electron chi connectivity index (χ0n) is 8.60. The van der Waals surface area contributed by atoms with Gasteiger partial charge in [0.15, 0.2) is 5.79 Å². The van der Waals surface area contributed by atoms with Crippen LogP contribution < -0.4 is 0 Å². The van der Waals surface area contributed by atoms with E-state index < -0.39 is 5.79 Å². The third-order valence-electron chi connectivity index (χ3n) is 1.70. The van der Waals surface area contributed by atoms with Crippen LogP contribution in [0.1, 0.15) is 52.9 Å². The molecule has 0 aliphatic carbocycles. The van der Waals surface area contributed by atoms with Crippen molar-refractivity contribution in [1.29, 1.82) is 0 Å². The summed E-state index contributed by atoms with van der Waals surface area (Å²) in [5, 5.41) is 9.20. The molecule has 0 saturated carbocycles. The monoisotopic (exact) mass is 174 g/mol. The van der Waals surface area contributed by atoms with E-state index in [0.717, 1.165) is 6.42 Å². The zero-order chi connectivity index (χ0) is 9.45. The van der Waals surface area contributed by atoms with Gasteiger partial charge in [0, 0.05) is 6.61 Å². The Kier molecular flexibility index (Phi) is 6.39. The Bertz CT molecular complexity index is 94.5. The van der Waals surface area contributed by atoms with Crippen LogP contribution in [0.15, 0.2) is 0 Å². The second-order valence-corrected chi connectivity index (χ2v) is 3.71. The molecule has 74 valence electrons. The Morgan fingerprint density at radius 1 is 1.08 bits per heavy atom. The quantitative estimate of drug-likeness (QED) is 0.475. The highest BCUT2D eigenvalue weighted by atomic mass is 16.6. The van der Waals surface area contributed by atoms with Gasteiger partial charge in [0.2, 0.25) is 0 Å². The lowest BCUT2D eigenvalue weighted by Crippen LogP contribution is -2.23. The van der Waals surface area contributed by atoms with Crippen molar-refractivity contribution in [3.8, 4) is 0 Å². The van der Waals surface area contributed by atoms with E-state index in [2.05, 4.69) is 6.92 Å². The molecule has 0 heterocycles. The van der Waals surface area contributed by atoms with E-state index >= 15 is 0 Å². The lowest BCUT2D eigenvalue weighted by molar-refractivity contribution is -0.176. The molecule has 0 atom stereocenters. The van der Waals surface area contributed by atoms with Gasteiger partial charge >= 0.3 is 0 Å². The molecule has 0 unspecified atom stereocenters. The van der Waals surface area contributed by atoms with E-state index in [0.29, 0.717) is 6.61 Å². The Balaban J connectivity index is 3.01. The Hall–Kier alpha value is -0.0800. The lowest BCUT2D eigenvalue weighted by Gasteiger charge is -2.17. The average molecular weight is 174 g/mol. The summed E-state index contributed by atoms with van der Waals surface area (Å²) < 4.78 is 5.17. The van der Waals surface area contributed by atoms with Gasteiger partial charge in [0.25, 0.3) is 0 Å². The molecule has 2 nitrogen and oxygen atoms in total. The first kappa shape index (κ1) is 11.9. The van der Waals surface area contributed by atoms with Crippen LogP contribution in [0, 0.1) is 0 Å². The topological polar surface area (TPSA) is 29.5 Å². The van der Waals surface area contributed by atoms with Crippen LogP contribution in [-0.4, -0.2) is 17.5 Å².